The fraction of sp³-hybridized carbons (Fsp3) is 0.724. The molecule has 4 unspecified atom stereocenters. The Hall–Kier alpha value is -1.78. The fourth-order valence-electron chi connectivity index (χ4n) is 6.74. The average molecular weight is 589 g/mol. The Morgan fingerprint density at radius 3 is 1.90 bits per heavy atom. The molecule has 0 spiro atoms. The molecule has 11 heteroatoms. The third-order valence-electron chi connectivity index (χ3n) is 8.78. The molecule has 226 valence electrons. The van der Waals surface area contributed by atoms with E-state index < -0.39 is 84.7 Å². The van der Waals surface area contributed by atoms with E-state index in [9.17, 15) is 35.1 Å². The van der Waals surface area contributed by atoms with Crippen LogP contribution in [0.15, 0.2) is 47.9 Å². The van der Waals surface area contributed by atoms with Crippen molar-refractivity contribution in [2.24, 2.45) is 41.4 Å². The molecule has 0 aromatic rings. The second-order valence-corrected chi connectivity index (χ2v) is 11.6. The maximum Gasteiger partial charge on any atom is 0.400 e. The van der Waals surface area contributed by atoms with E-state index in [0.717, 1.165) is 31.8 Å². The molecule has 4 aliphatic carbocycles. The largest absolute Gasteiger partial charge is 0.400 e. The van der Waals surface area contributed by atoms with Crippen LogP contribution in [0.2, 0.25) is 0 Å². The summed E-state index contributed by atoms with van der Waals surface area (Å²) in [6.45, 7) is 2.12. The van der Waals surface area contributed by atoms with Gasteiger partial charge < -0.3 is 4.74 Å². The highest BCUT2D eigenvalue weighted by Gasteiger charge is 2.56. The van der Waals surface area contributed by atoms with Gasteiger partial charge in [-0.1, -0.05) is 25.5 Å². The zero-order valence-corrected chi connectivity index (χ0v) is 22.0. The van der Waals surface area contributed by atoms with Crippen LogP contribution in [0.3, 0.4) is 0 Å². The smallest absolute Gasteiger partial charge is 0.312 e. The van der Waals surface area contributed by atoms with Crippen LogP contribution < -0.4 is 0 Å². The number of allylic oxidation sites excluding steroid dienone is 6. The highest BCUT2D eigenvalue weighted by Crippen LogP contribution is 2.49. The molecule has 0 N–H and O–H groups in total. The average Bonchev–Trinajstić information content (AvgIpc) is 2.82. The molecule has 0 radical (unpaired) electrons. The van der Waals surface area contributed by atoms with Gasteiger partial charge in [-0.15, -0.1) is 0 Å². The third kappa shape index (κ3) is 6.81. The number of hydrogen-bond acceptors (Lipinski definition) is 1. The molecule has 40 heavy (non-hydrogen) atoms. The summed E-state index contributed by atoms with van der Waals surface area (Å²) in [5.41, 5.74) is 0. The van der Waals surface area contributed by atoms with Crippen molar-refractivity contribution >= 4 is 0 Å². The van der Waals surface area contributed by atoms with Crippen LogP contribution in [0, 0.1) is 41.4 Å². The molecule has 0 aromatic carbocycles. The van der Waals surface area contributed by atoms with Gasteiger partial charge in [-0.05, 0) is 80.4 Å². The first-order valence-electron chi connectivity index (χ1n) is 13.9. The van der Waals surface area contributed by atoms with Gasteiger partial charge in [0.1, 0.15) is 35.8 Å². The second kappa shape index (κ2) is 12.2. The van der Waals surface area contributed by atoms with E-state index in [1.165, 1.54) is 6.08 Å². The second-order valence-electron chi connectivity index (χ2n) is 11.6. The molecule has 1 nitrogen and oxygen atoms in total. The van der Waals surface area contributed by atoms with E-state index in [0.29, 0.717) is 18.8 Å². The van der Waals surface area contributed by atoms with Crippen LogP contribution >= 0.6 is 0 Å². The topological polar surface area (TPSA) is 9.23 Å². The first-order chi connectivity index (χ1) is 18.7. The predicted molar refractivity (Wildman–Crippen MR) is 129 cm³/mol. The molecule has 4 rings (SSSR count). The van der Waals surface area contributed by atoms with E-state index >= 15 is 8.78 Å². The zero-order chi connectivity index (χ0) is 29.4. The van der Waals surface area contributed by atoms with Crippen LogP contribution in [0.1, 0.15) is 58.3 Å². The van der Waals surface area contributed by atoms with Gasteiger partial charge in [0.05, 0.1) is 11.9 Å². The highest BCUT2D eigenvalue weighted by atomic mass is 19.4. The minimum absolute atomic E-state index is 0.0561. The third-order valence-corrected chi connectivity index (χ3v) is 8.78. The van der Waals surface area contributed by atoms with E-state index in [1.54, 1.807) is 0 Å². The van der Waals surface area contributed by atoms with Crippen molar-refractivity contribution in [1.29, 1.82) is 0 Å². The van der Waals surface area contributed by atoms with E-state index in [4.69, 9.17) is 0 Å². The first-order valence-corrected chi connectivity index (χ1v) is 13.9. The molecule has 0 fully saturated rings. The molecule has 0 amide bonds. The summed E-state index contributed by atoms with van der Waals surface area (Å²) in [6, 6.07) is 0. The van der Waals surface area contributed by atoms with Crippen molar-refractivity contribution in [3.05, 3.63) is 47.9 Å². The van der Waals surface area contributed by atoms with Crippen molar-refractivity contribution in [3.8, 4) is 0 Å². The molecule has 4 aliphatic rings. The Kier molecular flexibility index (Phi) is 9.52. The van der Waals surface area contributed by atoms with Crippen LogP contribution in [0.25, 0.3) is 0 Å². The van der Waals surface area contributed by atoms with Gasteiger partial charge >= 0.3 is 12.3 Å². The van der Waals surface area contributed by atoms with Gasteiger partial charge in [-0.3, -0.25) is 0 Å². The summed E-state index contributed by atoms with van der Waals surface area (Å²) in [5, 5.41) is 0. The molecular weight excluding hydrogens is 554 g/mol. The van der Waals surface area contributed by atoms with Crippen LogP contribution in [-0.4, -0.2) is 30.7 Å². The Labute approximate surface area is 227 Å². The van der Waals surface area contributed by atoms with Crippen LogP contribution in [0.4, 0.5) is 43.9 Å². The summed E-state index contributed by atoms with van der Waals surface area (Å²) in [4.78, 5) is 0. The lowest BCUT2D eigenvalue weighted by Crippen LogP contribution is -2.46. The lowest BCUT2D eigenvalue weighted by atomic mass is 9.70. The zero-order valence-electron chi connectivity index (χ0n) is 22.0. The molecular formula is C29H34F10O. The summed E-state index contributed by atoms with van der Waals surface area (Å²) in [5.74, 6) is -11.3. The maximum atomic E-state index is 15.2. The Morgan fingerprint density at radius 2 is 1.35 bits per heavy atom. The molecule has 10 atom stereocenters. The molecule has 0 saturated heterocycles. The van der Waals surface area contributed by atoms with E-state index in [-0.39, 0.29) is 17.9 Å². The quantitative estimate of drug-likeness (QED) is 0.213. The molecule has 0 aliphatic heterocycles. The molecule has 0 aromatic heterocycles. The van der Waals surface area contributed by atoms with Crippen molar-refractivity contribution < 1.29 is 48.6 Å². The number of rotatable bonds is 7. The SMILES string of the molecule is CCCC1C=C[C@@H]([C@H]2C=C(F)[C@@H]([C@H]3C=C(F)[C@@H](C(F)(F)OC4C=C(F)[C@@H](C(F)(F)F)C(F)C4)C(F)C3)CC2)CC1. The van der Waals surface area contributed by atoms with Gasteiger partial charge in [-0.2, -0.15) is 22.0 Å². The number of hydrogen-bond donors (Lipinski definition) is 0. The van der Waals surface area contributed by atoms with Gasteiger partial charge in [0.2, 0.25) is 0 Å². The maximum absolute atomic E-state index is 15.2. The Balaban J connectivity index is 1.42. The predicted octanol–water partition coefficient (Wildman–Crippen LogP) is 9.83. The molecule has 0 bridgehead atoms. The van der Waals surface area contributed by atoms with Gasteiger partial charge in [-0.25, -0.2) is 22.0 Å². The Morgan fingerprint density at radius 1 is 0.725 bits per heavy atom. The first kappa shape index (κ1) is 31.2. The number of alkyl halides is 7. The normalized spacial score (nSPS) is 39.4. The van der Waals surface area contributed by atoms with E-state index in [1.807, 2.05) is 0 Å². The van der Waals surface area contributed by atoms with Crippen LogP contribution in [0.5, 0.6) is 0 Å². The Bertz CT molecular complexity index is 1010. The standard InChI is InChI=1S/C29H34F10O/c1-2-3-15-4-6-16(7-5-15)17-8-9-20(21(30)10-17)18-11-22(31)27(23(32)12-18)29(38,39)40-19-13-24(33)26(25(34)14-19)28(35,36)37/h4,6,10-11,13,15-20,23,25-27H,2-3,5,7-9,12,14H2,1H3/t15?,16-,17-,18+,19?,20-,23?,25?,26-,27-/m1/s1. The van der Waals surface area contributed by atoms with E-state index in [2.05, 4.69) is 23.8 Å². The highest BCUT2D eigenvalue weighted by molar-refractivity contribution is 5.19. The summed E-state index contributed by atoms with van der Waals surface area (Å²) >= 11 is 0. The minimum atomic E-state index is -5.28. The van der Waals surface area contributed by atoms with Crippen LogP contribution in [-0.2, 0) is 4.74 Å². The lowest BCUT2D eigenvalue weighted by Gasteiger charge is -2.39. The molecule has 0 heterocycles. The van der Waals surface area contributed by atoms with Crippen molar-refractivity contribution in [3.63, 3.8) is 0 Å². The summed E-state index contributed by atoms with van der Waals surface area (Å²) in [7, 11) is 0. The number of ether oxygens (including phenoxy) is 1. The number of halogens is 10. The lowest BCUT2D eigenvalue weighted by molar-refractivity contribution is -0.296. The van der Waals surface area contributed by atoms with Gasteiger partial charge in [0, 0.05) is 12.3 Å². The van der Waals surface area contributed by atoms with Crippen molar-refractivity contribution in [1.82, 2.24) is 0 Å². The van der Waals surface area contributed by atoms with Gasteiger partial charge in [0.15, 0.2) is 0 Å². The minimum Gasteiger partial charge on any atom is -0.312 e. The van der Waals surface area contributed by atoms with Crippen molar-refractivity contribution in [2.45, 2.75) is 89.0 Å². The molecule has 0 saturated carbocycles. The summed E-state index contributed by atoms with van der Waals surface area (Å²) in [6.07, 6.45) is -7.82. The fourth-order valence-corrected chi connectivity index (χ4v) is 6.74. The van der Waals surface area contributed by atoms with Crippen molar-refractivity contribution in [2.75, 3.05) is 0 Å². The summed E-state index contributed by atoms with van der Waals surface area (Å²) < 4.78 is 145. The monoisotopic (exact) mass is 588 g/mol. The van der Waals surface area contributed by atoms with Gasteiger partial charge in [0.25, 0.3) is 0 Å².